The summed E-state index contributed by atoms with van der Waals surface area (Å²) in [6.07, 6.45) is 5.38. The molecule has 3 heterocycles. The van der Waals surface area contributed by atoms with Crippen LogP contribution >= 0.6 is 0 Å². The molecule has 0 fully saturated rings. The summed E-state index contributed by atoms with van der Waals surface area (Å²) in [5, 5.41) is 9.18. The third-order valence-electron chi connectivity index (χ3n) is 3.52. The SMILES string of the molecule is CCc1ncc2c(n1)CN(c1ncccc1C#N)CC2. The minimum absolute atomic E-state index is 0.612. The summed E-state index contributed by atoms with van der Waals surface area (Å²) in [6, 6.07) is 5.79. The van der Waals surface area contributed by atoms with Crippen molar-refractivity contribution in [2.75, 3.05) is 11.4 Å². The molecule has 0 saturated heterocycles. The summed E-state index contributed by atoms with van der Waals surface area (Å²) in [5.41, 5.74) is 2.87. The second-order valence-electron chi connectivity index (χ2n) is 4.77. The Labute approximate surface area is 117 Å². The van der Waals surface area contributed by atoms with Crippen molar-refractivity contribution in [2.24, 2.45) is 0 Å². The Morgan fingerprint density at radius 1 is 1.40 bits per heavy atom. The zero-order valence-corrected chi connectivity index (χ0v) is 11.4. The molecule has 3 rings (SSSR count). The van der Waals surface area contributed by atoms with Gasteiger partial charge in [0.15, 0.2) is 0 Å². The van der Waals surface area contributed by atoms with Gasteiger partial charge in [0, 0.05) is 25.4 Å². The predicted octanol–water partition coefficient (Wildman–Crippen LogP) is 1.87. The largest absolute Gasteiger partial charge is 0.349 e. The van der Waals surface area contributed by atoms with E-state index in [1.54, 1.807) is 18.3 Å². The van der Waals surface area contributed by atoms with Gasteiger partial charge in [-0.15, -0.1) is 0 Å². The Kier molecular flexibility index (Phi) is 3.30. The molecule has 1 aliphatic rings. The van der Waals surface area contributed by atoms with E-state index >= 15 is 0 Å². The van der Waals surface area contributed by atoms with Crippen molar-refractivity contribution in [3.05, 3.63) is 47.2 Å². The third kappa shape index (κ3) is 2.21. The van der Waals surface area contributed by atoms with Gasteiger partial charge in [0.05, 0.1) is 17.8 Å². The fourth-order valence-electron chi connectivity index (χ4n) is 2.43. The Morgan fingerprint density at radius 3 is 3.10 bits per heavy atom. The number of nitriles is 1. The summed E-state index contributed by atoms with van der Waals surface area (Å²) >= 11 is 0. The Bertz CT molecular complexity index is 674. The number of hydrogen-bond donors (Lipinski definition) is 0. The highest BCUT2D eigenvalue weighted by molar-refractivity contribution is 5.54. The summed E-state index contributed by atoms with van der Waals surface area (Å²) in [6.45, 7) is 3.58. The number of nitrogens with zero attached hydrogens (tertiary/aromatic N) is 5. The molecule has 2 aromatic heterocycles. The molecule has 0 unspecified atom stereocenters. The van der Waals surface area contributed by atoms with Gasteiger partial charge >= 0.3 is 0 Å². The first-order valence-electron chi connectivity index (χ1n) is 6.75. The van der Waals surface area contributed by atoms with Gasteiger partial charge in [-0.2, -0.15) is 5.26 Å². The lowest BCUT2D eigenvalue weighted by Gasteiger charge is -2.29. The normalized spacial score (nSPS) is 13.7. The lowest BCUT2D eigenvalue weighted by molar-refractivity contribution is 0.684. The van der Waals surface area contributed by atoms with Crippen LogP contribution in [-0.4, -0.2) is 21.5 Å². The minimum Gasteiger partial charge on any atom is -0.349 e. The number of rotatable bonds is 2. The molecular weight excluding hydrogens is 250 g/mol. The standard InChI is InChI=1S/C15H15N5/c1-2-14-18-9-12-5-7-20(10-13(12)19-14)15-11(8-16)4-3-6-17-15/h3-4,6,9H,2,5,7,10H2,1H3. The number of hydrogen-bond acceptors (Lipinski definition) is 5. The zero-order chi connectivity index (χ0) is 13.9. The second-order valence-corrected chi connectivity index (χ2v) is 4.77. The number of aryl methyl sites for hydroxylation is 1. The molecule has 5 nitrogen and oxygen atoms in total. The molecule has 2 aromatic rings. The lowest BCUT2D eigenvalue weighted by Crippen LogP contribution is -2.32. The van der Waals surface area contributed by atoms with E-state index in [2.05, 4.69) is 32.8 Å². The van der Waals surface area contributed by atoms with Gasteiger partial charge in [0.25, 0.3) is 0 Å². The molecule has 5 heteroatoms. The maximum atomic E-state index is 9.18. The summed E-state index contributed by atoms with van der Waals surface area (Å²) in [5.74, 6) is 1.62. The van der Waals surface area contributed by atoms with E-state index in [4.69, 9.17) is 0 Å². The second kappa shape index (κ2) is 5.25. The quantitative estimate of drug-likeness (QED) is 0.829. The van der Waals surface area contributed by atoms with E-state index < -0.39 is 0 Å². The highest BCUT2D eigenvalue weighted by Gasteiger charge is 2.21. The topological polar surface area (TPSA) is 65.7 Å². The van der Waals surface area contributed by atoms with Gasteiger partial charge in [-0.3, -0.25) is 0 Å². The average molecular weight is 265 g/mol. The molecule has 0 spiro atoms. The molecule has 1 aliphatic heterocycles. The highest BCUT2D eigenvalue weighted by Crippen LogP contribution is 2.23. The molecule has 20 heavy (non-hydrogen) atoms. The Hall–Kier alpha value is -2.48. The average Bonchev–Trinajstić information content (AvgIpc) is 2.53. The number of anilines is 1. The van der Waals surface area contributed by atoms with Crippen molar-refractivity contribution >= 4 is 5.82 Å². The molecule has 0 bridgehead atoms. The van der Waals surface area contributed by atoms with Crippen molar-refractivity contribution in [3.63, 3.8) is 0 Å². The van der Waals surface area contributed by atoms with Crippen molar-refractivity contribution < 1.29 is 0 Å². The van der Waals surface area contributed by atoms with Crippen LogP contribution in [0.15, 0.2) is 24.5 Å². The van der Waals surface area contributed by atoms with Crippen LogP contribution in [0.1, 0.15) is 29.6 Å². The molecular formula is C15H15N5. The first-order chi connectivity index (χ1) is 9.81. The smallest absolute Gasteiger partial charge is 0.146 e. The Balaban J connectivity index is 1.93. The summed E-state index contributed by atoms with van der Waals surface area (Å²) < 4.78 is 0. The van der Waals surface area contributed by atoms with Crippen LogP contribution in [0.25, 0.3) is 0 Å². The van der Waals surface area contributed by atoms with E-state index in [-0.39, 0.29) is 0 Å². The molecule has 0 aromatic carbocycles. The van der Waals surface area contributed by atoms with Crippen LogP contribution in [0, 0.1) is 11.3 Å². The van der Waals surface area contributed by atoms with E-state index in [1.165, 1.54) is 5.56 Å². The van der Waals surface area contributed by atoms with Crippen LogP contribution in [0.3, 0.4) is 0 Å². The van der Waals surface area contributed by atoms with Crippen LogP contribution < -0.4 is 4.90 Å². The van der Waals surface area contributed by atoms with E-state index in [1.807, 2.05) is 6.20 Å². The molecule has 100 valence electrons. The van der Waals surface area contributed by atoms with Crippen LogP contribution in [-0.2, 0) is 19.4 Å². The molecule has 0 amide bonds. The van der Waals surface area contributed by atoms with Crippen molar-refractivity contribution in [2.45, 2.75) is 26.3 Å². The minimum atomic E-state index is 0.612. The van der Waals surface area contributed by atoms with Crippen LogP contribution in [0.5, 0.6) is 0 Å². The maximum Gasteiger partial charge on any atom is 0.146 e. The molecule has 0 radical (unpaired) electrons. The van der Waals surface area contributed by atoms with Crippen molar-refractivity contribution in [1.29, 1.82) is 5.26 Å². The highest BCUT2D eigenvalue weighted by atomic mass is 15.2. The number of pyridine rings is 1. The fourth-order valence-corrected chi connectivity index (χ4v) is 2.43. The Morgan fingerprint density at radius 2 is 2.30 bits per heavy atom. The number of aromatic nitrogens is 3. The summed E-state index contributed by atoms with van der Waals surface area (Å²) in [7, 11) is 0. The molecule has 0 atom stereocenters. The number of fused-ring (bicyclic) bond motifs is 1. The van der Waals surface area contributed by atoms with Gasteiger partial charge < -0.3 is 4.90 Å². The molecule has 0 N–H and O–H groups in total. The van der Waals surface area contributed by atoms with Crippen LogP contribution in [0.4, 0.5) is 5.82 Å². The maximum absolute atomic E-state index is 9.18. The van der Waals surface area contributed by atoms with Crippen molar-refractivity contribution in [1.82, 2.24) is 15.0 Å². The molecule has 0 aliphatic carbocycles. The van der Waals surface area contributed by atoms with Gasteiger partial charge in [0.2, 0.25) is 0 Å². The first kappa shape index (κ1) is 12.5. The van der Waals surface area contributed by atoms with Crippen LogP contribution in [0.2, 0.25) is 0 Å². The van der Waals surface area contributed by atoms with Gasteiger partial charge in [-0.05, 0) is 24.1 Å². The monoisotopic (exact) mass is 265 g/mol. The summed E-state index contributed by atoms with van der Waals surface area (Å²) in [4.78, 5) is 15.4. The first-order valence-corrected chi connectivity index (χ1v) is 6.75. The molecule has 0 saturated carbocycles. The third-order valence-corrected chi connectivity index (χ3v) is 3.52. The van der Waals surface area contributed by atoms with Gasteiger partial charge in [-0.1, -0.05) is 6.92 Å². The van der Waals surface area contributed by atoms with Gasteiger partial charge in [-0.25, -0.2) is 15.0 Å². The van der Waals surface area contributed by atoms with E-state index in [0.29, 0.717) is 12.1 Å². The lowest BCUT2D eigenvalue weighted by atomic mass is 10.1. The zero-order valence-electron chi connectivity index (χ0n) is 11.4. The predicted molar refractivity (Wildman–Crippen MR) is 75.1 cm³/mol. The van der Waals surface area contributed by atoms with E-state index in [9.17, 15) is 5.26 Å². The van der Waals surface area contributed by atoms with E-state index in [0.717, 1.165) is 36.7 Å². The van der Waals surface area contributed by atoms with Crippen molar-refractivity contribution in [3.8, 4) is 6.07 Å². The fraction of sp³-hybridized carbons (Fsp3) is 0.333. The van der Waals surface area contributed by atoms with Gasteiger partial charge in [0.1, 0.15) is 17.7 Å².